The Bertz CT molecular complexity index is 401. The number of para-hydroxylation sites is 1. The summed E-state index contributed by atoms with van der Waals surface area (Å²) in [7, 11) is 2.11. The minimum atomic E-state index is -0.0178. The normalized spacial score (nSPS) is 16.6. The van der Waals surface area contributed by atoms with Crippen molar-refractivity contribution in [2.45, 2.75) is 12.8 Å². The molecule has 1 amide bonds. The lowest BCUT2D eigenvalue weighted by Crippen LogP contribution is -2.26. The van der Waals surface area contributed by atoms with E-state index in [1.165, 1.54) is 5.57 Å². The molecule has 1 fully saturated rings. The first-order valence-corrected chi connectivity index (χ1v) is 5.98. The number of anilines is 1. The molecule has 1 heterocycles. The van der Waals surface area contributed by atoms with Crippen molar-refractivity contribution in [3.63, 3.8) is 0 Å². The first kappa shape index (κ1) is 11.9. The Morgan fingerprint density at radius 1 is 1.24 bits per heavy atom. The summed E-state index contributed by atoms with van der Waals surface area (Å²) in [6.07, 6.45) is 3.75. The van der Waals surface area contributed by atoms with Gasteiger partial charge in [-0.3, -0.25) is 4.79 Å². The van der Waals surface area contributed by atoms with Crippen LogP contribution in [0.2, 0.25) is 0 Å². The highest BCUT2D eigenvalue weighted by Crippen LogP contribution is 2.15. The maximum atomic E-state index is 11.8. The van der Waals surface area contributed by atoms with Crippen LogP contribution >= 0.6 is 0 Å². The van der Waals surface area contributed by atoms with Crippen LogP contribution in [0, 0.1) is 0 Å². The molecule has 1 aromatic rings. The number of carbonyl (C=O) groups excluding carboxylic acids is 1. The van der Waals surface area contributed by atoms with E-state index in [1.54, 1.807) is 6.08 Å². The Kier molecular flexibility index (Phi) is 3.94. The summed E-state index contributed by atoms with van der Waals surface area (Å²) in [6, 6.07) is 9.55. The van der Waals surface area contributed by atoms with E-state index in [-0.39, 0.29) is 5.91 Å². The summed E-state index contributed by atoms with van der Waals surface area (Å²) < 4.78 is 0. The third kappa shape index (κ3) is 3.71. The van der Waals surface area contributed by atoms with E-state index in [4.69, 9.17) is 0 Å². The van der Waals surface area contributed by atoms with Crippen LogP contribution in [0.1, 0.15) is 12.8 Å². The fourth-order valence-electron chi connectivity index (χ4n) is 1.94. The number of amides is 1. The van der Waals surface area contributed by atoms with Crippen molar-refractivity contribution in [1.82, 2.24) is 4.90 Å². The van der Waals surface area contributed by atoms with Gasteiger partial charge in [-0.15, -0.1) is 0 Å². The minimum Gasteiger partial charge on any atom is -0.323 e. The van der Waals surface area contributed by atoms with Gasteiger partial charge in [-0.05, 0) is 32.0 Å². The molecule has 2 rings (SSSR count). The molecule has 1 aliphatic heterocycles. The van der Waals surface area contributed by atoms with Gasteiger partial charge in [-0.25, -0.2) is 0 Å². The molecule has 0 aromatic heterocycles. The average Bonchev–Trinajstić information content (AvgIpc) is 2.33. The molecule has 1 N–H and O–H groups in total. The van der Waals surface area contributed by atoms with Crippen LogP contribution in [0.25, 0.3) is 0 Å². The average molecular weight is 230 g/mol. The van der Waals surface area contributed by atoms with Gasteiger partial charge in [0.1, 0.15) is 0 Å². The highest BCUT2D eigenvalue weighted by Gasteiger charge is 2.10. The zero-order valence-corrected chi connectivity index (χ0v) is 10.1. The van der Waals surface area contributed by atoms with Gasteiger partial charge >= 0.3 is 0 Å². The Balaban J connectivity index is 1.91. The van der Waals surface area contributed by atoms with Crippen LogP contribution in [0.4, 0.5) is 5.69 Å². The Labute approximate surface area is 102 Å². The summed E-state index contributed by atoms with van der Waals surface area (Å²) in [5, 5.41) is 2.87. The van der Waals surface area contributed by atoms with Gasteiger partial charge in [0, 0.05) is 24.9 Å². The zero-order chi connectivity index (χ0) is 12.1. The molecule has 1 aromatic carbocycles. The van der Waals surface area contributed by atoms with E-state index < -0.39 is 0 Å². The van der Waals surface area contributed by atoms with Gasteiger partial charge in [-0.1, -0.05) is 23.8 Å². The van der Waals surface area contributed by atoms with Crippen molar-refractivity contribution in [3.8, 4) is 0 Å². The first-order chi connectivity index (χ1) is 8.24. The maximum Gasteiger partial charge on any atom is 0.248 e. The van der Waals surface area contributed by atoms with E-state index in [1.807, 2.05) is 30.3 Å². The zero-order valence-electron chi connectivity index (χ0n) is 10.1. The number of benzene rings is 1. The fourth-order valence-corrected chi connectivity index (χ4v) is 1.94. The molecule has 0 radical (unpaired) electrons. The number of hydrogen-bond acceptors (Lipinski definition) is 2. The van der Waals surface area contributed by atoms with Crippen LogP contribution in [0.3, 0.4) is 0 Å². The van der Waals surface area contributed by atoms with Gasteiger partial charge in [-0.2, -0.15) is 0 Å². The Hall–Kier alpha value is -1.61. The van der Waals surface area contributed by atoms with Crippen molar-refractivity contribution < 1.29 is 4.79 Å². The van der Waals surface area contributed by atoms with E-state index in [0.29, 0.717) is 0 Å². The number of nitrogens with one attached hydrogen (secondary N) is 1. The van der Waals surface area contributed by atoms with E-state index in [2.05, 4.69) is 17.3 Å². The predicted molar refractivity (Wildman–Crippen MR) is 69.9 cm³/mol. The second kappa shape index (κ2) is 5.64. The molecule has 1 saturated heterocycles. The second-order valence-corrected chi connectivity index (χ2v) is 4.46. The quantitative estimate of drug-likeness (QED) is 0.790. The third-order valence-corrected chi connectivity index (χ3v) is 3.01. The molecule has 0 saturated carbocycles. The Morgan fingerprint density at radius 2 is 1.88 bits per heavy atom. The highest BCUT2D eigenvalue weighted by atomic mass is 16.1. The number of nitrogens with zero attached hydrogens (tertiary/aromatic N) is 1. The van der Waals surface area contributed by atoms with Gasteiger partial charge < -0.3 is 10.2 Å². The molecular weight excluding hydrogens is 212 g/mol. The fraction of sp³-hybridized carbons (Fsp3) is 0.357. The topological polar surface area (TPSA) is 32.3 Å². The number of carbonyl (C=O) groups is 1. The number of likely N-dealkylation sites (tertiary alicyclic amines) is 1. The summed E-state index contributed by atoms with van der Waals surface area (Å²) in [5.41, 5.74) is 2.10. The molecule has 0 aliphatic carbocycles. The van der Waals surface area contributed by atoms with Crippen molar-refractivity contribution in [2.24, 2.45) is 0 Å². The molecule has 3 heteroatoms. The molecule has 0 unspecified atom stereocenters. The summed E-state index contributed by atoms with van der Waals surface area (Å²) in [5.74, 6) is -0.0178. The predicted octanol–water partition coefficient (Wildman–Crippen LogP) is 2.28. The number of hydrogen-bond donors (Lipinski definition) is 1. The lowest BCUT2D eigenvalue weighted by Gasteiger charge is -2.23. The van der Waals surface area contributed by atoms with E-state index in [9.17, 15) is 4.79 Å². The molecular formula is C14H18N2O. The van der Waals surface area contributed by atoms with Gasteiger partial charge in [0.15, 0.2) is 0 Å². The number of piperidine rings is 1. The molecule has 0 spiro atoms. The molecule has 0 bridgehead atoms. The monoisotopic (exact) mass is 230 g/mol. The maximum absolute atomic E-state index is 11.8. The van der Waals surface area contributed by atoms with Crippen LogP contribution in [-0.2, 0) is 4.79 Å². The largest absolute Gasteiger partial charge is 0.323 e. The minimum absolute atomic E-state index is 0.0178. The van der Waals surface area contributed by atoms with E-state index >= 15 is 0 Å². The second-order valence-electron chi connectivity index (χ2n) is 4.46. The van der Waals surface area contributed by atoms with Crippen LogP contribution in [0.5, 0.6) is 0 Å². The Morgan fingerprint density at radius 3 is 2.53 bits per heavy atom. The van der Waals surface area contributed by atoms with Gasteiger partial charge in [0.05, 0.1) is 0 Å². The summed E-state index contributed by atoms with van der Waals surface area (Å²) in [4.78, 5) is 14.0. The first-order valence-electron chi connectivity index (χ1n) is 5.98. The van der Waals surface area contributed by atoms with E-state index in [0.717, 1.165) is 31.6 Å². The summed E-state index contributed by atoms with van der Waals surface area (Å²) >= 11 is 0. The molecule has 90 valence electrons. The van der Waals surface area contributed by atoms with Crippen molar-refractivity contribution in [1.29, 1.82) is 0 Å². The molecule has 3 nitrogen and oxygen atoms in total. The van der Waals surface area contributed by atoms with Crippen LogP contribution < -0.4 is 5.32 Å². The van der Waals surface area contributed by atoms with Crippen LogP contribution in [-0.4, -0.2) is 30.9 Å². The van der Waals surface area contributed by atoms with Crippen LogP contribution in [0.15, 0.2) is 42.0 Å². The standard InChI is InChI=1S/C14H18N2O/c1-16-9-7-12(8-10-16)11-14(17)15-13-5-3-2-4-6-13/h2-6,11H,7-10H2,1H3,(H,15,17). The highest BCUT2D eigenvalue weighted by molar-refractivity contribution is 5.99. The molecule has 17 heavy (non-hydrogen) atoms. The lowest BCUT2D eigenvalue weighted by molar-refractivity contribution is -0.112. The van der Waals surface area contributed by atoms with Crippen molar-refractivity contribution in [3.05, 3.63) is 42.0 Å². The van der Waals surface area contributed by atoms with Gasteiger partial charge in [0.25, 0.3) is 0 Å². The number of rotatable bonds is 2. The lowest BCUT2D eigenvalue weighted by atomic mass is 10.0. The smallest absolute Gasteiger partial charge is 0.248 e. The molecule has 0 atom stereocenters. The van der Waals surface area contributed by atoms with Gasteiger partial charge in [0.2, 0.25) is 5.91 Å². The van der Waals surface area contributed by atoms with Crippen molar-refractivity contribution in [2.75, 3.05) is 25.5 Å². The van der Waals surface area contributed by atoms with Crippen molar-refractivity contribution >= 4 is 11.6 Å². The third-order valence-electron chi connectivity index (χ3n) is 3.01. The molecule has 1 aliphatic rings. The summed E-state index contributed by atoms with van der Waals surface area (Å²) in [6.45, 7) is 2.09. The SMILES string of the molecule is CN1CCC(=CC(=O)Nc2ccccc2)CC1.